The SMILES string of the molecule is CCOCCOCCn1cc(CCC(=O)CC)nn1. The number of carbonyl (C=O) groups excluding carboxylic acids is 1. The van der Waals surface area contributed by atoms with Gasteiger partial charge in [0.2, 0.25) is 0 Å². The first kappa shape index (κ1) is 15.8. The van der Waals surface area contributed by atoms with Gasteiger partial charge < -0.3 is 9.47 Å². The lowest BCUT2D eigenvalue weighted by Gasteiger charge is -2.03. The van der Waals surface area contributed by atoms with Crippen LogP contribution in [0.15, 0.2) is 6.20 Å². The van der Waals surface area contributed by atoms with Gasteiger partial charge in [0.05, 0.1) is 32.1 Å². The van der Waals surface area contributed by atoms with Crippen molar-refractivity contribution in [1.82, 2.24) is 15.0 Å². The van der Waals surface area contributed by atoms with Crippen molar-refractivity contribution < 1.29 is 14.3 Å². The Balaban J connectivity index is 2.14. The quantitative estimate of drug-likeness (QED) is 0.565. The molecule has 0 aliphatic rings. The largest absolute Gasteiger partial charge is 0.379 e. The summed E-state index contributed by atoms with van der Waals surface area (Å²) in [7, 11) is 0. The number of aromatic nitrogens is 3. The molecule has 0 saturated heterocycles. The molecule has 6 heteroatoms. The Hall–Kier alpha value is -1.27. The number of ketones is 1. The van der Waals surface area contributed by atoms with Gasteiger partial charge in [-0.05, 0) is 13.3 Å². The van der Waals surface area contributed by atoms with Crippen LogP contribution >= 0.6 is 0 Å². The van der Waals surface area contributed by atoms with E-state index in [2.05, 4.69) is 10.3 Å². The van der Waals surface area contributed by atoms with E-state index < -0.39 is 0 Å². The third-order valence-corrected chi connectivity index (χ3v) is 2.68. The van der Waals surface area contributed by atoms with Crippen LogP contribution in [0.5, 0.6) is 0 Å². The molecule has 19 heavy (non-hydrogen) atoms. The number of hydrogen-bond donors (Lipinski definition) is 0. The molecule has 0 N–H and O–H groups in total. The van der Waals surface area contributed by atoms with Gasteiger partial charge in [-0.15, -0.1) is 5.10 Å². The average Bonchev–Trinajstić information content (AvgIpc) is 2.88. The van der Waals surface area contributed by atoms with Gasteiger partial charge in [-0.25, -0.2) is 4.68 Å². The molecule has 0 aliphatic heterocycles. The number of carbonyl (C=O) groups is 1. The Morgan fingerprint density at radius 1 is 1.26 bits per heavy atom. The van der Waals surface area contributed by atoms with Gasteiger partial charge in [0.25, 0.3) is 0 Å². The smallest absolute Gasteiger partial charge is 0.133 e. The van der Waals surface area contributed by atoms with E-state index in [0.717, 1.165) is 5.69 Å². The molecule has 0 amide bonds. The van der Waals surface area contributed by atoms with Crippen molar-refractivity contribution in [3.05, 3.63) is 11.9 Å². The van der Waals surface area contributed by atoms with E-state index in [1.807, 2.05) is 20.0 Å². The summed E-state index contributed by atoms with van der Waals surface area (Å²) in [5, 5.41) is 8.03. The number of nitrogens with zero attached hydrogens (tertiary/aromatic N) is 3. The van der Waals surface area contributed by atoms with Gasteiger partial charge in [0.15, 0.2) is 0 Å². The van der Waals surface area contributed by atoms with Crippen molar-refractivity contribution >= 4 is 5.78 Å². The van der Waals surface area contributed by atoms with Crippen molar-refractivity contribution in [2.45, 2.75) is 39.7 Å². The standard InChI is InChI=1S/C13H23N3O3/c1-3-13(17)6-5-12-11-16(15-14-12)7-8-19-10-9-18-4-2/h11H,3-10H2,1-2H3. The minimum Gasteiger partial charge on any atom is -0.379 e. The van der Waals surface area contributed by atoms with Crippen LogP contribution < -0.4 is 0 Å². The molecule has 0 fully saturated rings. The normalized spacial score (nSPS) is 10.8. The molecular weight excluding hydrogens is 246 g/mol. The number of ether oxygens (including phenoxy) is 2. The summed E-state index contributed by atoms with van der Waals surface area (Å²) in [6, 6.07) is 0. The van der Waals surface area contributed by atoms with Gasteiger partial charge in [-0.2, -0.15) is 0 Å². The number of rotatable bonds is 11. The monoisotopic (exact) mass is 269 g/mol. The molecule has 1 heterocycles. The molecule has 0 atom stereocenters. The van der Waals surface area contributed by atoms with Crippen molar-refractivity contribution in [1.29, 1.82) is 0 Å². The van der Waals surface area contributed by atoms with Crippen LogP contribution in [0.2, 0.25) is 0 Å². The van der Waals surface area contributed by atoms with Crippen LogP contribution in [0.25, 0.3) is 0 Å². The molecule has 108 valence electrons. The van der Waals surface area contributed by atoms with Crippen LogP contribution in [0.1, 0.15) is 32.4 Å². The highest BCUT2D eigenvalue weighted by Gasteiger charge is 2.04. The Kier molecular flexibility index (Phi) is 8.00. The van der Waals surface area contributed by atoms with Crippen LogP contribution in [-0.4, -0.2) is 47.2 Å². The highest BCUT2D eigenvalue weighted by atomic mass is 16.5. The second-order valence-corrected chi connectivity index (χ2v) is 4.17. The minimum atomic E-state index is 0.258. The van der Waals surface area contributed by atoms with E-state index in [0.29, 0.717) is 52.2 Å². The van der Waals surface area contributed by atoms with E-state index >= 15 is 0 Å². The van der Waals surface area contributed by atoms with E-state index in [1.165, 1.54) is 0 Å². The summed E-state index contributed by atoms with van der Waals surface area (Å²) >= 11 is 0. The fourth-order valence-corrected chi connectivity index (χ4v) is 1.53. The summed E-state index contributed by atoms with van der Waals surface area (Å²) in [5.41, 5.74) is 0.858. The van der Waals surface area contributed by atoms with Crippen LogP contribution in [0.4, 0.5) is 0 Å². The molecule has 0 aromatic carbocycles. The maximum Gasteiger partial charge on any atom is 0.133 e. The molecule has 6 nitrogen and oxygen atoms in total. The zero-order valence-electron chi connectivity index (χ0n) is 11.8. The molecule has 1 rings (SSSR count). The Bertz CT molecular complexity index is 366. The van der Waals surface area contributed by atoms with E-state index in [4.69, 9.17) is 9.47 Å². The molecule has 0 aliphatic carbocycles. The first-order valence-corrected chi connectivity index (χ1v) is 6.82. The lowest BCUT2D eigenvalue weighted by molar-refractivity contribution is -0.118. The average molecular weight is 269 g/mol. The Labute approximate surface area is 114 Å². The highest BCUT2D eigenvalue weighted by molar-refractivity contribution is 5.78. The van der Waals surface area contributed by atoms with Crippen LogP contribution in [0, 0.1) is 0 Å². The topological polar surface area (TPSA) is 66.2 Å². The molecule has 0 saturated carbocycles. The van der Waals surface area contributed by atoms with Crippen LogP contribution in [-0.2, 0) is 27.2 Å². The van der Waals surface area contributed by atoms with Gasteiger partial charge in [0, 0.05) is 25.6 Å². The lowest BCUT2D eigenvalue weighted by atomic mass is 10.1. The number of Topliss-reactive ketones (excluding diaryl/α,β-unsaturated/α-hetero) is 1. The van der Waals surface area contributed by atoms with Gasteiger partial charge in [-0.3, -0.25) is 4.79 Å². The van der Waals surface area contributed by atoms with E-state index in [-0.39, 0.29) is 5.78 Å². The van der Waals surface area contributed by atoms with E-state index in [1.54, 1.807) is 4.68 Å². The fourth-order valence-electron chi connectivity index (χ4n) is 1.53. The summed E-state index contributed by atoms with van der Waals surface area (Å²) in [4.78, 5) is 11.2. The zero-order chi connectivity index (χ0) is 13.9. The second kappa shape index (κ2) is 9.63. The van der Waals surface area contributed by atoms with Crippen LogP contribution in [0.3, 0.4) is 0 Å². The molecule has 0 bridgehead atoms. The maximum absolute atomic E-state index is 11.2. The second-order valence-electron chi connectivity index (χ2n) is 4.17. The Morgan fingerprint density at radius 2 is 2.05 bits per heavy atom. The van der Waals surface area contributed by atoms with Gasteiger partial charge in [0.1, 0.15) is 5.78 Å². The van der Waals surface area contributed by atoms with Crippen molar-refractivity contribution in [3.63, 3.8) is 0 Å². The summed E-state index contributed by atoms with van der Waals surface area (Å²) in [6.45, 7) is 7.02. The van der Waals surface area contributed by atoms with Gasteiger partial charge >= 0.3 is 0 Å². The fraction of sp³-hybridized carbons (Fsp3) is 0.769. The molecule has 0 unspecified atom stereocenters. The molecule has 1 aromatic rings. The summed E-state index contributed by atoms with van der Waals surface area (Å²) < 4.78 is 12.3. The lowest BCUT2D eigenvalue weighted by Crippen LogP contribution is -2.10. The summed E-state index contributed by atoms with van der Waals surface area (Å²) in [6.07, 6.45) is 3.66. The van der Waals surface area contributed by atoms with Crippen molar-refractivity contribution in [3.8, 4) is 0 Å². The molecule has 0 radical (unpaired) electrons. The predicted octanol–water partition coefficient (Wildman–Crippen LogP) is 1.24. The summed E-state index contributed by atoms with van der Waals surface area (Å²) in [5.74, 6) is 0.258. The van der Waals surface area contributed by atoms with Crippen molar-refractivity contribution in [2.75, 3.05) is 26.4 Å². The molecule has 0 spiro atoms. The minimum absolute atomic E-state index is 0.258. The maximum atomic E-state index is 11.2. The van der Waals surface area contributed by atoms with E-state index in [9.17, 15) is 4.79 Å². The molecular formula is C13H23N3O3. The third kappa shape index (κ3) is 7.03. The number of aryl methyl sites for hydroxylation is 1. The van der Waals surface area contributed by atoms with Gasteiger partial charge in [-0.1, -0.05) is 12.1 Å². The first-order chi connectivity index (χ1) is 9.26. The predicted molar refractivity (Wildman–Crippen MR) is 71.0 cm³/mol. The third-order valence-electron chi connectivity index (χ3n) is 2.68. The van der Waals surface area contributed by atoms with Crippen molar-refractivity contribution in [2.24, 2.45) is 0 Å². The Morgan fingerprint density at radius 3 is 2.79 bits per heavy atom. The number of hydrogen-bond acceptors (Lipinski definition) is 5. The first-order valence-electron chi connectivity index (χ1n) is 6.82. The highest BCUT2D eigenvalue weighted by Crippen LogP contribution is 2.00. The zero-order valence-corrected chi connectivity index (χ0v) is 11.8. The molecule has 1 aromatic heterocycles.